The summed E-state index contributed by atoms with van der Waals surface area (Å²) in [5, 5.41) is 2.82. The Kier molecular flexibility index (Phi) is 4.10. The van der Waals surface area contributed by atoms with Gasteiger partial charge in [0.2, 0.25) is 0 Å². The molecule has 0 saturated carbocycles. The van der Waals surface area contributed by atoms with Crippen LogP contribution in [0.5, 0.6) is 5.75 Å². The second kappa shape index (κ2) is 5.79. The van der Waals surface area contributed by atoms with Crippen LogP contribution < -0.4 is 15.8 Å². The lowest BCUT2D eigenvalue weighted by Gasteiger charge is -2.11. The molecule has 20 heavy (non-hydrogen) atoms. The van der Waals surface area contributed by atoms with Crippen molar-refractivity contribution in [1.82, 2.24) is 0 Å². The van der Waals surface area contributed by atoms with Gasteiger partial charge in [-0.3, -0.25) is 4.79 Å². The molecule has 2 aromatic carbocycles. The fourth-order valence-corrected chi connectivity index (χ4v) is 1.88. The molecule has 0 aliphatic heterocycles. The number of hydrogen-bond donors (Lipinski definition) is 2. The first-order valence-corrected chi connectivity index (χ1v) is 6.09. The lowest BCUT2D eigenvalue weighted by molar-refractivity contribution is 0.102. The van der Waals surface area contributed by atoms with Crippen molar-refractivity contribution in [2.24, 2.45) is 0 Å². The van der Waals surface area contributed by atoms with Gasteiger partial charge in [0, 0.05) is 5.69 Å². The summed E-state index contributed by atoms with van der Waals surface area (Å²) in [5.41, 5.74) is 6.18. The quantitative estimate of drug-likeness (QED) is 0.854. The number of nitrogen functional groups attached to an aromatic ring is 1. The van der Waals surface area contributed by atoms with Gasteiger partial charge in [0.25, 0.3) is 5.91 Å². The minimum atomic E-state index is -0.679. The minimum absolute atomic E-state index is 0.141. The number of nitrogens with one attached hydrogen (secondary N) is 1. The Morgan fingerprint density at radius 1 is 1.35 bits per heavy atom. The molecule has 0 aliphatic rings. The highest BCUT2D eigenvalue weighted by Crippen LogP contribution is 2.27. The van der Waals surface area contributed by atoms with Crippen LogP contribution in [0.3, 0.4) is 0 Å². The van der Waals surface area contributed by atoms with Crippen LogP contribution in [0.2, 0.25) is 5.02 Å². The predicted octanol–water partition coefficient (Wildman–Crippen LogP) is 3.32. The van der Waals surface area contributed by atoms with E-state index in [9.17, 15) is 9.18 Å². The van der Waals surface area contributed by atoms with Crippen LogP contribution in [0.4, 0.5) is 15.8 Å². The van der Waals surface area contributed by atoms with Crippen LogP contribution in [-0.4, -0.2) is 13.0 Å². The van der Waals surface area contributed by atoms with Crippen molar-refractivity contribution in [2.45, 2.75) is 0 Å². The van der Waals surface area contributed by atoms with E-state index in [0.717, 1.165) is 0 Å². The van der Waals surface area contributed by atoms with Crippen molar-refractivity contribution < 1.29 is 13.9 Å². The van der Waals surface area contributed by atoms with Crippen molar-refractivity contribution >= 4 is 28.9 Å². The molecular weight excluding hydrogens is 283 g/mol. The first-order chi connectivity index (χ1) is 9.52. The molecular formula is C14H12ClFN2O2. The van der Waals surface area contributed by atoms with Gasteiger partial charge in [0.05, 0.1) is 17.8 Å². The third-order valence-electron chi connectivity index (χ3n) is 2.66. The molecule has 0 bridgehead atoms. The summed E-state index contributed by atoms with van der Waals surface area (Å²) < 4.78 is 18.8. The molecule has 0 fully saturated rings. The number of halogens is 2. The van der Waals surface area contributed by atoms with E-state index in [1.807, 2.05) is 0 Å². The zero-order valence-corrected chi connectivity index (χ0v) is 11.4. The predicted molar refractivity (Wildman–Crippen MR) is 76.8 cm³/mol. The number of nitrogens with two attached hydrogens (primary N) is 1. The number of benzene rings is 2. The van der Waals surface area contributed by atoms with Crippen molar-refractivity contribution in [3.8, 4) is 5.75 Å². The third kappa shape index (κ3) is 2.83. The van der Waals surface area contributed by atoms with Crippen LogP contribution in [0.1, 0.15) is 10.4 Å². The van der Waals surface area contributed by atoms with E-state index in [0.29, 0.717) is 16.4 Å². The topological polar surface area (TPSA) is 64.3 Å². The number of methoxy groups -OCH3 is 1. The molecule has 0 unspecified atom stereocenters. The highest BCUT2D eigenvalue weighted by Gasteiger charge is 2.18. The number of anilines is 2. The SMILES string of the molecule is COc1cccc(F)c1C(=O)Nc1cc(N)ccc1Cl. The van der Waals surface area contributed by atoms with Gasteiger partial charge in [-0.2, -0.15) is 0 Å². The highest BCUT2D eigenvalue weighted by atomic mass is 35.5. The molecule has 2 aromatic rings. The molecule has 0 aliphatic carbocycles. The van der Waals surface area contributed by atoms with Gasteiger partial charge in [-0.1, -0.05) is 17.7 Å². The second-order valence-electron chi connectivity index (χ2n) is 4.01. The van der Waals surface area contributed by atoms with Crippen molar-refractivity contribution in [3.63, 3.8) is 0 Å². The van der Waals surface area contributed by atoms with E-state index < -0.39 is 11.7 Å². The molecule has 0 heterocycles. The molecule has 0 spiro atoms. The summed E-state index contributed by atoms with van der Waals surface area (Å²) in [5.74, 6) is -1.20. The molecule has 0 atom stereocenters. The summed E-state index contributed by atoms with van der Waals surface area (Å²) in [6.45, 7) is 0. The first-order valence-electron chi connectivity index (χ1n) is 5.72. The van der Waals surface area contributed by atoms with E-state index in [4.69, 9.17) is 22.1 Å². The summed E-state index contributed by atoms with van der Waals surface area (Å²) in [6.07, 6.45) is 0. The lowest BCUT2D eigenvalue weighted by atomic mass is 10.1. The molecule has 3 N–H and O–H groups in total. The van der Waals surface area contributed by atoms with Crippen LogP contribution in [0, 0.1) is 5.82 Å². The normalized spacial score (nSPS) is 10.2. The minimum Gasteiger partial charge on any atom is -0.496 e. The Hall–Kier alpha value is -2.27. The van der Waals surface area contributed by atoms with Gasteiger partial charge in [0.15, 0.2) is 0 Å². The first kappa shape index (κ1) is 14.1. The van der Waals surface area contributed by atoms with Crippen LogP contribution in [0.25, 0.3) is 0 Å². The van der Waals surface area contributed by atoms with Gasteiger partial charge in [0.1, 0.15) is 17.1 Å². The van der Waals surface area contributed by atoms with Crippen molar-refractivity contribution in [2.75, 3.05) is 18.2 Å². The molecule has 0 aromatic heterocycles. The summed E-state index contributed by atoms with van der Waals surface area (Å²) in [4.78, 5) is 12.1. The maximum atomic E-state index is 13.8. The third-order valence-corrected chi connectivity index (χ3v) is 2.99. The second-order valence-corrected chi connectivity index (χ2v) is 4.42. The number of rotatable bonds is 3. The number of carbonyl (C=O) groups excluding carboxylic acids is 1. The Labute approximate surface area is 120 Å². The number of ether oxygens (including phenoxy) is 1. The number of carbonyl (C=O) groups is 1. The maximum Gasteiger partial charge on any atom is 0.262 e. The fraction of sp³-hybridized carbons (Fsp3) is 0.0714. The Balaban J connectivity index is 2.36. The largest absolute Gasteiger partial charge is 0.496 e. The molecule has 4 nitrogen and oxygen atoms in total. The zero-order chi connectivity index (χ0) is 14.7. The van der Waals surface area contributed by atoms with E-state index in [-0.39, 0.29) is 11.3 Å². The summed E-state index contributed by atoms with van der Waals surface area (Å²) in [7, 11) is 1.36. The molecule has 2 rings (SSSR count). The monoisotopic (exact) mass is 294 g/mol. The van der Waals surface area contributed by atoms with Gasteiger partial charge in [-0.25, -0.2) is 4.39 Å². The average molecular weight is 295 g/mol. The van der Waals surface area contributed by atoms with Crippen molar-refractivity contribution in [1.29, 1.82) is 0 Å². The Morgan fingerprint density at radius 3 is 2.80 bits per heavy atom. The molecule has 104 valence electrons. The van der Waals surface area contributed by atoms with Gasteiger partial charge < -0.3 is 15.8 Å². The van der Waals surface area contributed by atoms with E-state index in [1.165, 1.54) is 31.4 Å². The zero-order valence-electron chi connectivity index (χ0n) is 10.6. The van der Waals surface area contributed by atoms with E-state index in [1.54, 1.807) is 12.1 Å². The standard InChI is InChI=1S/C14H12ClFN2O2/c1-20-12-4-2-3-10(16)13(12)14(19)18-11-7-8(17)5-6-9(11)15/h2-7H,17H2,1H3,(H,18,19). The van der Waals surface area contributed by atoms with E-state index >= 15 is 0 Å². The fourth-order valence-electron chi connectivity index (χ4n) is 1.72. The molecule has 0 radical (unpaired) electrons. The molecule has 1 amide bonds. The molecule has 6 heteroatoms. The summed E-state index contributed by atoms with van der Waals surface area (Å²) >= 11 is 5.95. The van der Waals surface area contributed by atoms with Gasteiger partial charge in [-0.15, -0.1) is 0 Å². The Morgan fingerprint density at radius 2 is 2.10 bits per heavy atom. The van der Waals surface area contributed by atoms with Gasteiger partial charge >= 0.3 is 0 Å². The lowest BCUT2D eigenvalue weighted by Crippen LogP contribution is -2.15. The summed E-state index contributed by atoms with van der Waals surface area (Å²) in [6, 6.07) is 8.77. The maximum absolute atomic E-state index is 13.8. The van der Waals surface area contributed by atoms with Crippen molar-refractivity contribution in [3.05, 3.63) is 52.8 Å². The molecule has 0 saturated heterocycles. The smallest absolute Gasteiger partial charge is 0.262 e. The van der Waals surface area contributed by atoms with Crippen LogP contribution in [0.15, 0.2) is 36.4 Å². The average Bonchev–Trinajstić information content (AvgIpc) is 2.42. The van der Waals surface area contributed by atoms with Crippen LogP contribution in [-0.2, 0) is 0 Å². The van der Waals surface area contributed by atoms with E-state index in [2.05, 4.69) is 5.32 Å². The Bertz CT molecular complexity index is 662. The highest BCUT2D eigenvalue weighted by molar-refractivity contribution is 6.34. The van der Waals surface area contributed by atoms with Gasteiger partial charge in [-0.05, 0) is 30.3 Å². The van der Waals surface area contributed by atoms with Crippen LogP contribution >= 0.6 is 11.6 Å². The number of hydrogen-bond acceptors (Lipinski definition) is 3. The number of amides is 1.